The van der Waals surface area contributed by atoms with Crippen molar-refractivity contribution in [3.63, 3.8) is 0 Å². The monoisotopic (exact) mass is 363 g/mol. The van der Waals surface area contributed by atoms with Crippen molar-refractivity contribution in [2.45, 2.75) is 43.0 Å². The van der Waals surface area contributed by atoms with Crippen molar-refractivity contribution in [1.82, 2.24) is 10.6 Å². The van der Waals surface area contributed by atoms with Crippen molar-refractivity contribution in [2.75, 3.05) is 11.1 Å². The molecule has 2 heterocycles. The van der Waals surface area contributed by atoms with E-state index in [1.807, 2.05) is 11.8 Å². The summed E-state index contributed by atoms with van der Waals surface area (Å²) < 4.78 is 0. The van der Waals surface area contributed by atoms with Crippen LogP contribution in [-0.2, 0) is 4.79 Å². The Morgan fingerprint density at radius 3 is 2.68 bits per heavy atom. The van der Waals surface area contributed by atoms with Crippen LogP contribution >= 0.6 is 11.8 Å². The lowest BCUT2D eigenvalue weighted by atomic mass is 10.0. The second-order valence-electron chi connectivity index (χ2n) is 6.30. The standard InChI is InChI=1S/C17H21N3O4S/c21-14(18-11-7-5-10(6-8-11)16(22)23)4-2-1-3-13-15-12(9-25-13)19-17(24)20-15/h5-8,12-13,15H,1-4,9H2,(H,18,21)(H,22,23)(H2,19,20,24)/t12-,13-,15+/m0/s1. The molecule has 2 aliphatic rings. The predicted octanol–water partition coefficient (Wildman–Crippen LogP) is 2.05. The summed E-state index contributed by atoms with van der Waals surface area (Å²) in [6.45, 7) is 0. The maximum atomic E-state index is 12.0. The molecule has 0 spiro atoms. The highest BCUT2D eigenvalue weighted by Crippen LogP contribution is 2.33. The van der Waals surface area contributed by atoms with Gasteiger partial charge in [-0.1, -0.05) is 6.42 Å². The van der Waals surface area contributed by atoms with E-state index in [0.717, 1.165) is 25.0 Å². The van der Waals surface area contributed by atoms with E-state index in [4.69, 9.17) is 5.11 Å². The molecule has 4 N–H and O–H groups in total. The highest BCUT2D eigenvalue weighted by atomic mass is 32.2. The number of carbonyl (C=O) groups is 3. The SMILES string of the molecule is O=C(CCCC[C@@H]1SC[C@@H]2NC(=O)N[C@H]21)Nc1ccc(C(=O)O)cc1. The molecule has 2 aliphatic heterocycles. The molecule has 134 valence electrons. The number of unbranched alkanes of at least 4 members (excludes halogenated alkanes) is 1. The van der Waals surface area contributed by atoms with Gasteiger partial charge in [0.25, 0.3) is 0 Å². The number of anilines is 1. The number of hydrogen-bond donors (Lipinski definition) is 4. The fraction of sp³-hybridized carbons (Fsp3) is 0.471. The van der Waals surface area contributed by atoms with Gasteiger partial charge in [0.2, 0.25) is 5.91 Å². The third-order valence-corrected chi connectivity index (χ3v) is 6.00. The fourth-order valence-corrected chi connectivity index (χ4v) is 4.74. The molecule has 0 unspecified atom stereocenters. The minimum Gasteiger partial charge on any atom is -0.478 e. The Kier molecular flexibility index (Phi) is 5.47. The van der Waals surface area contributed by atoms with Gasteiger partial charge in [-0.3, -0.25) is 4.79 Å². The zero-order valence-electron chi connectivity index (χ0n) is 13.7. The van der Waals surface area contributed by atoms with Gasteiger partial charge in [0.1, 0.15) is 0 Å². The number of carboxylic acid groups (broad SMARTS) is 1. The number of carboxylic acids is 1. The number of urea groups is 1. The molecule has 2 fully saturated rings. The summed E-state index contributed by atoms with van der Waals surface area (Å²) in [6.07, 6.45) is 3.13. The number of nitrogens with one attached hydrogen (secondary N) is 3. The molecular weight excluding hydrogens is 342 g/mol. The lowest BCUT2D eigenvalue weighted by molar-refractivity contribution is -0.116. The van der Waals surface area contributed by atoms with Crippen LogP contribution in [0.3, 0.4) is 0 Å². The van der Waals surface area contributed by atoms with E-state index in [9.17, 15) is 14.4 Å². The molecule has 3 atom stereocenters. The Bertz CT molecular complexity index is 664. The van der Waals surface area contributed by atoms with Gasteiger partial charge < -0.3 is 21.1 Å². The molecule has 0 bridgehead atoms. The van der Waals surface area contributed by atoms with Crippen LogP contribution in [0.15, 0.2) is 24.3 Å². The second kappa shape index (κ2) is 7.77. The minimum absolute atomic E-state index is 0.0733. The van der Waals surface area contributed by atoms with Crippen LogP contribution in [-0.4, -0.2) is 46.1 Å². The fourth-order valence-electron chi connectivity index (χ4n) is 3.19. The lowest BCUT2D eigenvalue weighted by Gasteiger charge is -2.16. The van der Waals surface area contributed by atoms with Crippen molar-refractivity contribution < 1.29 is 19.5 Å². The lowest BCUT2D eigenvalue weighted by Crippen LogP contribution is -2.36. The van der Waals surface area contributed by atoms with Gasteiger partial charge in [0.15, 0.2) is 0 Å². The molecule has 0 saturated carbocycles. The Balaban J connectivity index is 1.35. The van der Waals surface area contributed by atoms with Crippen LogP contribution in [0, 0.1) is 0 Å². The van der Waals surface area contributed by atoms with Crippen molar-refractivity contribution in [3.8, 4) is 0 Å². The molecule has 0 aromatic heterocycles. The molecule has 3 amide bonds. The van der Waals surface area contributed by atoms with Crippen LogP contribution in [0.1, 0.15) is 36.0 Å². The average Bonchev–Trinajstić information content (AvgIpc) is 3.11. The molecule has 0 aliphatic carbocycles. The van der Waals surface area contributed by atoms with Crippen LogP contribution in [0.25, 0.3) is 0 Å². The van der Waals surface area contributed by atoms with Gasteiger partial charge in [-0.05, 0) is 37.1 Å². The van der Waals surface area contributed by atoms with E-state index in [1.54, 1.807) is 12.1 Å². The molecule has 0 radical (unpaired) electrons. The van der Waals surface area contributed by atoms with E-state index in [-0.39, 0.29) is 29.6 Å². The number of aromatic carboxylic acids is 1. The Labute approximate surface area is 149 Å². The van der Waals surface area contributed by atoms with Gasteiger partial charge in [-0.25, -0.2) is 9.59 Å². The number of fused-ring (bicyclic) bond motifs is 1. The highest BCUT2D eigenvalue weighted by molar-refractivity contribution is 8.00. The topological polar surface area (TPSA) is 108 Å². The van der Waals surface area contributed by atoms with Gasteiger partial charge in [-0.15, -0.1) is 0 Å². The number of carbonyl (C=O) groups excluding carboxylic acids is 2. The number of benzene rings is 1. The summed E-state index contributed by atoms with van der Waals surface area (Å²) >= 11 is 1.88. The van der Waals surface area contributed by atoms with Gasteiger partial charge in [0, 0.05) is 23.1 Å². The van der Waals surface area contributed by atoms with Crippen molar-refractivity contribution in [1.29, 1.82) is 0 Å². The number of thioether (sulfide) groups is 1. The number of rotatable bonds is 7. The van der Waals surface area contributed by atoms with E-state index in [2.05, 4.69) is 16.0 Å². The predicted molar refractivity (Wildman–Crippen MR) is 96.0 cm³/mol. The zero-order valence-corrected chi connectivity index (χ0v) is 14.5. The van der Waals surface area contributed by atoms with Crippen molar-refractivity contribution in [3.05, 3.63) is 29.8 Å². The van der Waals surface area contributed by atoms with E-state index < -0.39 is 5.97 Å². The molecule has 3 rings (SSSR count). The van der Waals surface area contributed by atoms with Crippen LogP contribution in [0.2, 0.25) is 0 Å². The zero-order chi connectivity index (χ0) is 17.8. The first kappa shape index (κ1) is 17.6. The summed E-state index contributed by atoms with van der Waals surface area (Å²) in [7, 11) is 0. The summed E-state index contributed by atoms with van der Waals surface area (Å²) in [4.78, 5) is 34.1. The first-order valence-corrected chi connectivity index (χ1v) is 9.39. The maximum absolute atomic E-state index is 12.0. The Morgan fingerprint density at radius 1 is 1.20 bits per heavy atom. The van der Waals surface area contributed by atoms with Gasteiger partial charge in [-0.2, -0.15) is 11.8 Å². The number of hydrogen-bond acceptors (Lipinski definition) is 4. The molecule has 1 aromatic rings. The summed E-state index contributed by atoms with van der Waals surface area (Å²) in [5.74, 6) is -0.115. The maximum Gasteiger partial charge on any atom is 0.335 e. The Hall–Kier alpha value is -2.22. The minimum atomic E-state index is -0.987. The van der Waals surface area contributed by atoms with Crippen LogP contribution in [0.4, 0.5) is 10.5 Å². The quantitative estimate of drug-likeness (QED) is 0.438. The second-order valence-corrected chi connectivity index (χ2v) is 7.57. The summed E-state index contributed by atoms with van der Waals surface area (Å²) in [5, 5.41) is 17.9. The molecule has 7 nitrogen and oxygen atoms in total. The molecule has 2 saturated heterocycles. The first-order chi connectivity index (χ1) is 12.0. The summed E-state index contributed by atoms with van der Waals surface area (Å²) in [5.41, 5.74) is 0.794. The highest BCUT2D eigenvalue weighted by Gasteiger charge is 2.42. The van der Waals surface area contributed by atoms with Gasteiger partial charge >= 0.3 is 12.0 Å². The molecule has 8 heteroatoms. The number of amides is 3. The summed E-state index contributed by atoms with van der Waals surface area (Å²) in [6, 6.07) is 6.48. The van der Waals surface area contributed by atoms with E-state index in [1.165, 1.54) is 12.1 Å². The van der Waals surface area contributed by atoms with Crippen molar-refractivity contribution >= 4 is 35.4 Å². The van der Waals surface area contributed by atoms with Crippen LogP contribution < -0.4 is 16.0 Å². The van der Waals surface area contributed by atoms with E-state index in [0.29, 0.717) is 17.4 Å². The average molecular weight is 363 g/mol. The molecular formula is C17H21N3O4S. The largest absolute Gasteiger partial charge is 0.478 e. The van der Waals surface area contributed by atoms with Crippen molar-refractivity contribution in [2.24, 2.45) is 0 Å². The molecule has 25 heavy (non-hydrogen) atoms. The Morgan fingerprint density at radius 2 is 1.96 bits per heavy atom. The third kappa shape index (κ3) is 4.45. The van der Waals surface area contributed by atoms with Crippen LogP contribution in [0.5, 0.6) is 0 Å². The van der Waals surface area contributed by atoms with Gasteiger partial charge in [0.05, 0.1) is 17.6 Å². The smallest absolute Gasteiger partial charge is 0.335 e. The van der Waals surface area contributed by atoms with E-state index >= 15 is 0 Å². The third-order valence-electron chi connectivity index (χ3n) is 4.50. The normalized spacial score (nSPS) is 24.3. The first-order valence-electron chi connectivity index (χ1n) is 8.35. The molecule has 1 aromatic carbocycles.